The number of hydrogen-bond donors (Lipinski definition) is 1. The molecule has 0 aliphatic rings. The Balaban J connectivity index is 3.13. The molecule has 1 rings (SSSR count). The van der Waals surface area contributed by atoms with Gasteiger partial charge in [-0.3, -0.25) is 9.59 Å². The lowest BCUT2D eigenvalue weighted by molar-refractivity contribution is -0.149. The van der Waals surface area contributed by atoms with Crippen molar-refractivity contribution in [3.05, 3.63) is 34.9 Å². The van der Waals surface area contributed by atoms with E-state index in [2.05, 4.69) is 0 Å². The van der Waals surface area contributed by atoms with Gasteiger partial charge in [-0.1, -0.05) is 18.2 Å². The summed E-state index contributed by atoms with van der Waals surface area (Å²) in [7, 11) is 0. The average molecular weight is 289 g/mol. The summed E-state index contributed by atoms with van der Waals surface area (Å²) in [5.41, 5.74) is 1.12. The number of carbonyl (C=O) groups excluding carboxylic acids is 1. The van der Waals surface area contributed by atoms with Crippen LogP contribution < -0.4 is 0 Å². The first-order valence-corrected chi connectivity index (χ1v) is 5.76. The molecule has 0 saturated heterocycles. The highest BCUT2D eigenvalue weighted by Gasteiger charge is 2.35. The van der Waals surface area contributed by atoms with Crippen LogP contribution in [0.2, 0.25) is 0 Å². The van der Waals surface area contributed by atoms with Gasteiger partial charge in [-0.2, -0.15) is 13.2 Å². The fourth-order valence-electron chi connectivity index (χ4n) is 1.89. The molecule has 0 bridgehead atoms. The van der Waals surface area contributed by atoms with Crippen molar-refractivity contribution in [1.29, 1.82) is 0 Å². The van der Waals surface area contributed by atoms with Crippen LogP contribution in [0.1, 0.15) is 21.5 Å². The molecule has 0 spiro atoms. The third-order valence-electron chi connectivity index (χ3n) is 2.68. The molecule has 0 radical (unpaired) electrons. The van der Waals surface area contributed by atoms with Crippen molar-refractivity contribution in [1.82, 2.24) is 4.90 Å². The van der Waals surface area contributed by atoms with Gasteiger partial charge in [0.1, 0.15) is 13.1 Å². The normalized spacial score (nSPS) is 11.2. The van der Waals surface area contributed by atoms with E-state index in [1.165, 1.54) is 0 Å². The number of halogens is 3. The number of alkyl halides is 3. The van der Waals surface area contributed by atoms with Crippen LogP contribution in [0.15, 0.2) is 18.2 Å². The van der Waals surface area contributed by atoms with Crippen molar-refractivity contribution in [3.63, 3.8) is 0 Å². The van der Waals surface area contributed by atoms with Gasteiger partial charge < -0.3 is 10.0 Å². The number of rotatable bonds is 4. The fraction of sp³-hybridized carbons (Fsp3) is 0.385. The van der Waals surface area contributed by atoms with Crippen LogP contribution in [-0.2, 0) is 4.79 Å². The molecule has 0 aliphatic heterocycles. The first kappa shape index (κ1) is 16.0. The highest BCUT2D eigenvalue weighted by Crippen LogP contribution is 2.21. The molecular formula is C13H14F3NO3. The Morgan fingerprint density at radius 2 is 1.70 bits per heavy atom. The second kappa shape index (κ2) is 5.94. The quantitative estimate of drug-likeness (QED) is 0.926. The van der Waals surface area contributed by atoms with E-state index in [1.807, 2.05) is 0 Å². The van der Waals surface area contributed by atoms with Gasteiger partial charge in [-0.25, -0.2) is 0 Å². The third-order valence-corrected chi connectivity index (χ3v) is 2.68. The summed E-state index contributed by atoms with van der Waals surface area (Å²) in [5.74, 6) is -2.42. The van der Waals surface area contributed by atoms with E-state index in [9.17, 15) is 22.8 Å². The SMILES string of the molecule is Cc1cccc(C)c1C(=O)N(CC(=O)O)CC(F)(F)F. The van der Waals surface area contributed by atoms with Crippen LogP contribution in [-0.4, -0.2) is 41.1 Å². The second-order valence-electron chi connectivity index (χ2n) is 4.44. The van der Waals surface area contributed by atoms with Crippen LogP contribution in [0.4, 0.5) is 13.2 Å². The minimum atomic E-state index is -4.65. The molecule has 20 heavy (non-hydrogen) atoms. The molecule has 1 amide bonds. The lowest BCUT2D eigenvalue weighted by Gasteiger charge is -2.23. The Labute approximate surface area is 113 Å². The number of carbonyl (C=O) groups is 2. The lowest BCUT2D eigenvalue weighted by atomic mass is 10.0. The van der Waals surface area contributed by atoms with E-state index < -0.39 is 31.1 Å². The smallest absolute Gasteiger partial charge is 0.406 e. The first-order valence-electron chi connectivity index (χ1n) is 5.76. The molecule has 1 N–H and O–H groups in total. The van der Waals surface area contributed by atoms with Crippen molar-refractivity contribution in [2.24, 2.45) is 0 Å². The molecule has 0 heterocycles. The summed E-state index contributed by atoms with van der Waals surface area (Å²) in [6.07, 6.45) is -4.65. The largest absolute Gasteiger partial charge is 0.480 e. The third kappa shape index (κ3) is 4.25. The fourth-order valence-corrected chi connectivity index (χ4v) is 1.89. The van der Waals surface area contributed by atoms with Crippen molar-refractivity contribution < 1.29 is 27.9 Å². The number of carboxylic acid groups (broad SMARTS) is 1. The summed E-state index contributed by atoms with van der Waals surface area (Å²) < 4.78 is 37.3. The molecule has 110 valence electrons. The predicted octanol–water partition coefficient (Wildman–Crippen LogP) is 2.39. The summed E-state index contributed by atoms with van der Waals surface area (Å²) in [6, 6.07) is 4.85. The maximum absolute atomic E-state index is 12.4. The second-order valence-corrected chi connectivity index (χ2v) is 4.44. The molecule has 4 nitrogen and oxygen atoms in total. The van der Waals surface area contributed by atoms with Gasteiger partial charge in [0, 0.05) is 5.56 Å². The van der Waals surface area contributed by atoms with Crippen LogP contribution >= 0.6 is 0 Å². The number of carboxylic acids is 1. The zero-order chi connectivity index (χ0) is 15.5. The Kier molecular flexibility index (Phi) is 4.75. The molecule has 1 aromatic rings. The van der Waals surface area contributed by atoms with E-state index in [0.717, 1.165) is 0 Å². The Bertz CT molecular complexity index is 506. The standard InChI is InChI=1S/C13H14F3NO3/c1-8-4-3-5-9(2)11(8)12(20)17(6-10(18)19)7-13(14,15)16/h3-5H,6-7H2,1-2H3,(H,18,19). The number of amides is 1. The predicted molar refractivity (Wildman–Crippen MR) is 65.5 cm³/mol. The topological polar surface area (TPSA) is 57.6 Å². The van der Waals surface area contributed by atoms with Crippen molar-refractivity contribution in [3.8, 4) is 0 Å². The molecule has 0 aliphatic carbocycles. The maximum atomic E-state index is 12.4. The van der Waals surface area contributed by atoms with Crippen LogP contribution in [0.25, 0.3) is 0 Å². The maximum Gasteiger partial charge on any atom is 0.406 e. The number of nitrogens with zero attached hydrogens (tertiary/aromatic N) is 1. The zero-order valence-electron chi connectivity index (χ0n) is 11.0. The van der Waals surface area contributed by atoms with Crippen molar-refractivity contribution in [2.75, 3.05) is 13.1 Å². The van der Waals surface area contributed by atoms with Crippen molar-refractivity contribution in [2.45, 2.75) is 20.0 Å². The minimum absolute atomic E-state index is 0.109. The van der Waals surface area contributed by atoms with Gasteiger partial charge in [0.25, 0.3) is 5.91 Å². The van der Waals surface area contributed by atoms with Gasteiger partial charge >= 0.3 is 12.1 Å². The molecule has 0 atom stereocenters. The molecule has 7 heteroatoms. The average Bonchev–Trinajstić information content (AvgIpc) is 2.25. The van der Waals surface area contributed by atoms with E-state index in [4.69, 9.17) is 5.11 Å². The van der Waals surface area contributed by atoms with E-state index in [1.54, 1.807) is 32.0 Å². The molecule has 0 fully saturated rings. The van der Waals surface area contributed by atoms with Gasteiger partial charge in [0.2, 0.25) is 0 Å². The molecule has 0 aromatic heterocycles. The van der Waals surface area contributed by atoms with Crippen molar-refractivity contribution >= 4 is 11.9 Å². The van der Waals surface area contributed by atoms with Crippen LogP contribution in [0, 0.1) is 13.8 Å². The molecular weight excluding hydrogens is 275 g/mol. The van der Waals surface area contributed by atoms with Crippen LogP contribution in [0.3, 0.4) is 0 Å². The first-order chi connectivity index (χ1) is 9.11. The lowest BCUT2D eigenvalue weighted by Crippen LogP contribution is -2.42. The molecule has 0 saturated carbocycles. The zero-order valence-corrected chi connectivity index (χ0v) is 11.0. The Hall–Kier alpha value is -2.05. The summed E-state index contributed by atoms with van der Waals surface area (Å²) >= 11 is 0. The monoisotopic (exact) mass is 289 g/mol. The Morgan fingerprint density at radius 3 is 2.10 bits per heavy atom. The number of hydrogen-bond acceptors (Lipinski definition) is 2. The van der Waals surface area contributed by atoms with E-state index in [0.29, 0.717) is 11.1 Å². The van der Waals surface area contributed by atoms with Gasteiger partial charge in [-0.05, 0) is 25.0 Å². The number of aliphatic carboxylic acids is 1. The van der Waals surface area contributed by atoms with Gasteiger partial charge in [0.05, 0.1) is 0 Å². The number of aryl methyl sites for hydroxylation is 2. The highest BCUT2D eigenvalue weighted by molar-refractivity contribution is 5.98. The summed E-state index contributed by atoms with van der Waals surface area (Å²) in [5, 5.41) is 8.65. The van der Waals surface area contributed by atoms with Gasteiger partial charge in [0.15, 0.2) is 0 Å². The number of benzene rings is 1. The van der Waals surface area contributed by atoms with Gasteiger partial charge in [-0.15, -0.1) is 0 Å². The van der Waals surface area contributed by atoms with Crippen LogP contribution in [0.5, 0.6) is 0 Å². The van der Waals surface area contributed by atoms with E-state index >= 15 is 0 Å². The molecule has 1 aromatic carbocycles. The Morgan fingerprint density at radius 1 is 1.20 bits per heavy atom. The summed E-state index contributed by atoms with van der Waals surface area (Å²) in [6.45, 7) is 0.595. The minimum Gasteiger partial charge on any atom is -0.480 e. The molecule has 0 unspecified atom stereocenters. The van der Waals surface area contributed by atoms with E-state index in [-0.39, 0.29) is 10.5 Å². The highest BCUT2D eigenvalue weighted by atomic mass is 19.4. The summed E-state index contributed by atoms with van der Waals surface area (Å²) in [4.78, 5) is 23.1.